The first-order chi connectivity index (χ1) is 8.65. The van der Waals surface area contributed by atoms with Gasteiger partial charge in [0.05, 0.1) is 6.61 Å². The number of hydrogen-bond acceptors (Lipinski definition) is 3. The first kappa shape index (κ1) is 14.2. The molecular weight excluding hydrogens is 239 g/mol. The number of carboxylic acids is 1. The van der Waals surface area contributed by atoms with Crippen LogP contribution in [0, 0.1) is 5.82 Å². The van der Waals surface area contributed by atoms with E-state index in [1.165, 1.54) is 18.2 Å². The molecule has 0 unspecified atom stereocenters. The Balaban J connectivity index is 2.77. The number of hydrogen-bond donors (Lipinski definition) is 1. The molecule has 4 nitrogen and oxygen atoms in total. The van der Waals surface area contributed by atoms with Crippen LogP contribution in [0.15, 0.2) is 24.3 Å². The summed E-state index contributed by atoms with van der Waals surface area (Å²) in [4.78, 5) is 10.4. The van der Waals surface area contributed by atoms with Crippen molar-refractivity contribution in [2.24, 2.45) is 0 Å². The van der Waals surface area contributed by atoms with Gasteiger partial charge in [-0.3, -0.25) is 0 Å². The summed E-state index contributed by atoms with van der Waals surface area (Å²) in [6, 6.07) is 4.33. The molecule has 0 saturated carbocycles. The number of carbonyl (C=O) groups is 1. The lowest BCUT2D eigenvalue weighted by molar-refractivity contribution is -0.131. The largest absolute Gasteiger partial charge is 0.487 e. The van der Waals surface area contributed by atoms with Gasteiger partial charge in [0.2, 0.25) is 0 Å². The van der Waals surface area contributed by atoms with Crippen LogP contribution in [0.1, 0.15) is 12.5 Å². The van der Waals surface area contributed by atoms with Crippen molar-refractivity contribution in [2.45, 2.75) is 6.92 Å². The van der Waals surface area contributed by atoms with Crippen LogP contribution in [0.4, 0.5) is 4.39 Å². The van der Waals surface area contributed by atoms with Crippen LogP contribution < -0.4 is 4.74 Å². The van der Waals surface area contributed by atoms with Crippen LogP contribution in [-0.4, -0.2) is 30.9 Å². The van der Waals surface area contributed by atoms with Crippen LogP contribution >= 0.6 is 0 Å². The Morgan fingerprint density at radius 3 is 2.89 bits per heavy atom. The van der Waals surface area contributed by atoms with Gasteiger partial charge in [-0.15, -0.1) is 0 Å². The molecule has 0 aromatic heterocycles. The van der Waals surface area contributed by atoms with E-state index in [1.807, 2.05) is 6.92 Å². The smallest absolute Gasteiger partial charge is 0.328 e. The lowest BCUT2D eigenvalue weighted by Gasteiger charge is -2.10. The number of para-hydroxylation sites is 1. The molecule has 0 fully saturated rings. The highest BCUT2D eigenvalue weighted by molar-refractivity contribution is 5.85. The molecule has 0 aliphatic rings. The third kappa shape index (κ3) is 4.55. The predicted octanol–water partition coefficient (Wildman–Crippen LogP) is 2.34. The fraction of sp³-hybridized carbons (Fsp3) is 0.308. The topological polar surface area (TPSA) is 55.8 Å². The quantitative estimate of drug-likeness (QED) is 0.599. The van der Waals surface area contributed by atoms with E-state index in [1.54, 1.807) is 6.07 Å². The minimum absolute atomic E-state index is 0.0368. The molecule has 0 amide bonds. The third-order valence-electron chi connectivity index (χ3n) is 2.08. The van der Waals surface area contributed by atoms with Crippen molar-refractivity contribution >= 4 is 12.0 Å². The molecule has 1 N–H and O–H groups in total. The average molecular weight is 254 g/mol. The Morgan fingerprint density at radius 1 is 1.44 bits per heavy atom. The first-order valence-corrected chi connectivity index (χ1v) is 5.55. The summed E-state index contributed by atoms with van der Waals surface area (Å²) in [5.41, 5.74) is 0.383. The van der Waals surface area contributed by atoms with Gasteiger partial charge < -0.3 is 14.6 Å². The fourth-order valence-electron chi connectivity index (χ4n) is 1.32. The number of carboxylic acid groups (broad SMARTS) is 1. The molecule has 0 saturated heterocycles. The van der Waals surface area contributed by atoms with Crippen molar-refractivity contribution < 1.29 is 23.8 Å². The molecule has 0 aliphatic carbocycles. The highest BCUT2D eigenvalue weighted by atomic mass is 19.1. The Kier molecular flexibility index (Phi) is 5.87. The van der Waals surface area contributed by atoms with Crippen LogP contribution in [0.3, 0.4) is 0 Å². The maximum atomic E-state index is 13.5. The molecule has 18 heavy (non-hydrogen) atoms. The molecule has 1 rings (SSSR count). The normalized spacial score (nSPS) is 10.8. The summed E-state index contributed by atoms with van der Waals surface area (Å²) in [6.07, 6.45) is 2.23. The zero-order valence-corrected chi connectivity index (χ0v) is 10.1. The predicted molar refractivity (Wildman–Crippen MR) is 65.1 cm³/mol. The Labute approximate surface area is 105 Å². The Morgan fingerprint density at radius 2 is 2.22 bits per heavy atom. The van der Waals surface area contributed by atoms with Crippen LogP contribution in [0.2, 0.25) is 0 Å². The van der Waals surface area contributed by atoms with E-state index in [2.05, 4.69) is 0 Å². The third-order valence-corrected chi connectivity index (χ3v) is 2.08. The highest BCUT2D eigenvalue weighted by Crippen LogP contribution is 2.23. The minimum atomic E-state index is -1.10. The molecule has 0 spiro atoms. The van der Waals surface area contributed by atoms with Gasteiger partial charge in [-0.25, -0.2) is 9.18 Å². The lowest BCUT2D eigenvalue weighted by atomic mass is 10.2. The fourth-order valence-corrected chi connectivity index (χ4v) is 1.32. The standard InChI is InChI=1S/C13H15FO4/c1-2-17-8-9-18-13-10(6-7-12(15)16)4-3-5-11(13)14/h3-7H,2,8-9H2,1H3,(H,15,16)/b7-6+. The van der Waals surface area contributed by atoms with E-state index < -0.39 is 11.8 Å². The summed E-state index contributed by atoms with van der Waals surface area (Å²) < 4.78 is 23.9. The van der Waals surface area contributed by atoms with Crippen molar-refractivity contribution in [3.8, 4) is 5.75 Å². The maximum Gasteiger partial charge on any atom is 0.328 e. The molecule has 0 aliphatic heterocycles. The molecule has 0 atom stereocenters. The van der Waals surface area contributed by atoms with Crippen molar-refractivity contribution in [3.63, 3.8) is 0 Å². The number of ether oxygens (including phenoxy) is 2. The van der Waals surface area contributed by atoms with Crippen molar-refractivity contribution in [1.82, 2.24) is 0 Å². The van der Waals surface area contributed by atoms with E-state index in [0.717, 1.165) is 6.08 Å². The molecule has 5 heteroatoms. The van der Waals surface area contributed by atoms with E-state index >= 15 is 0 Å². The van der Waals surface area contributed by atoms with Crippen LogP contribution in [-0.2, 0) is 9.53 Å². The SMILES string of the molecule is CCOCCOc1c(F)cccc1/C=C/C(=O)O. The average Bonchev–Trinajstić information content (AvgIpc) is 2.34. The summed E-state index contributed by atoms with van der Waals surface area (Å²) in [5.74, 6) is -1.59. The van der Waals surface area contributed by atoms with Gasteiger partial charge in [0, 0.05) is 18.2 Å². The molecule has 1 aromatic rings. The lowest BCUT2D eigenvalue weighted by Crippen LogP contribution is -2.08. The highest BCUT2D eigenvalue weighted by Gasteiger charge is 2.07. The van der Waals surface area contributed by atoms with Crippen molar-refractivity contribution in [1.29, 1.82) is 0 Å². The van der Waals surface area contributed by atoms with Gasteiger partial charge in [0.1, 0.15) is 6.61 Å². The number of benzene rings is 1. The Hall–Kier alpha value is -1.88. The van der Waals surface area contributed by atoms with Gasteiger partial charge in [0.15, 0.2) is 11.6 Å². The second kappa shape index (κ2) is 7.45. The molecule has 0 bridgehead atoms. The van der Waals surface area contributed by atoms with E-state index in [9.17, 15) is 9.18 Å². The van der Waals surface area contributed by atoms with E-state index in [4.69, 9.17) is 14.6 Å². The Bertz CT molecular complexity index is 429. The maximum absolute atomic E-state index is 13.5. The molecule has 0 radical (unpaired) electrons. The first-order valence-electron chi connectivity index (χ1n) is 5.55. The van der Waals surface area contributed by atoms with Gasteiger partial charge in [0.25, 0.3) is 0 Å². The second-order valence-corrected chi connectivity index (χ2v) is 3.38. The van der Waals surface area contributed by atoms with Crippen LogP contribution in [0.5, 0.6) is 5.75 Å². The molecular formula is C13H15FO4. The van der Waals surface area contributed by atoms with Crippen molar-refractivity contribution in [2.75, 3.05) is 19.8 Å². The molecule has 1 aromatic carbocycles. The van der Waals surface area contributed by atoms with E-state index in [-0.39, 0.29) is 12.4 Å². The van der Waals surface area contributed by atoms with Gasteiger partial charge in [-0.1, -0.05) is 12.1 Å². The van der Waals surface area contributed by atoms with Gasteiger partial charge in [-0.05, 0) is 19.1 Å². The summed E-state index contributed by atoms with van der Waals surface area (Å²) >= 11 is 0. The zero-order valence-electron chi connectivity index (χ0n) is 10.1. The van der Waals surface area contributed by atoms with E-state index in [0.29, 0.717) is 18.8 Å². The van der Waals surface area contributed by atoms with Crippen molar-refractivity contribution in [3.05, 3.63) is 35.7 Å². The number of halogens is 1. The zero-order chi connectivity index (χ0) is 13.4. The summed E-state index contributed by atoms with van der Waals surface area (Å²) in [5, 5.41) is 8.54. The molecule has 0 heterocycles. The molecule has 98 valence electrons. The number of rotatable bonds is 7. The minimum Gasteiger partial charge on any atom is -0.487 e. The second-order valence-electron chi connectivity index (χ2n) is 3.38. The van der Waals surface area contributed by atoms with Gasteiger partial charge >= 0.3 is 5.97 Å². The summed E-state index contributed by atoms with van der Waals surface area (Å²) in [7, 11) is 0. The van der Waals surface area contributed by atoms with Crippen LogP contribution in [0.25, 0.3) is 6.08 Å². The number of aliphatic carboxylic acids is 1. The summed E-state index contributed by atoms with van der Waals surface area (Å²) in [6.45, 7) is 2.98. The monoisotopic (exact) mass is 254 g/mol. The van der Waals surface area contributed by atoms with Gasteiger partial charge in [-0.2, -0.15) is 0 Å².